The smallest absolute Gasteiger partial charge is 0.249 e. The van der Waals surface area contributed by atoms with E-state index in [1.165, 1.54) is 6.21 Å². The summed E-state index contributed by atoms with van der Waals surface area (Å²) in [4.78, 5) is 23.8. The van der Waals surface area contributed by atoms with Gasteiger partial charge in [0.15, 0.2) is 11.5 Å². The Morgan fingerprint density at radius 3 is 2.63 bits per heavy atom. The Morgan fingerprint density at radius 2 is 1.93 bits per heavy atom. The molecule has 0 spiro atoms. The lowest BCUT2D eigenvalue weighted by molar-refractivity contribution is -0.126. The van der Waals surface area contributed by atoms with Crippen molar-refractivity contribution in [2.24, 2.45) is 5.10 Å². The maximum atomic E-state index is 11.9. The zero-order valence-corrected chi connectivity index (χ0v) is 16.6. The SMILES string of the molecule is CCOc1ccc(C=NNC(=O)CC(=O)Nc2ccccc2Br)cc1OC. The number of halogens is 1. The molecule has 8 heteroatoms. The molecular formula is C19H20BrN3O4. The minimum atomic E-state index is -0.520. The molecule has 2 rings (SSSR count). The summed E-state index contributed by atoms with van der Waals surface area (Å²) in [5, 5.41) is 6.51. The third-order valence-corrected chi connectivity index (χ3v) is 4.05. The number of amides is 2. The monoisotopic (exact) mass is 433 g/mol. The first kappa shape index (κ1) is 20.4. The van der Waals surface area contributed by atoms with Crippen molar-refractivity contribution in [2.45, 2.75) is 13.3 Å². The van der Waals surface area contributed by atoms with Gasteiger partial charge in [0.05, 0.1) is 25.6 Å². The summed E-state index contributed by atoms with van der Waals surface area (Å²) < 4.78 is 11.4. The highest BCUT2D eigenvalue weighted by Crippen LogP contribution is 2.27. The summed E-state index contributed by atoms with van der Waals surface area (Å²) >= 11 is 3.33. The Hall–Kier alpha value is -2.87. The summed E-state index contributed by atoms with van der Waals surface area (Å²) in [6.07, 6.45) is 1.12. The van der Waals surface area contributed by atoms with Crippen LogP contribution < -0.4 is 20.2 Å². The molecule has 2 amide bonds. The van der Waals surface area contributed by atoms with Gasteiger partial charge in [-0.05, 0) is 58.7 Å². The van der Waals surface area contributed by atoms with E-state index in [-0.39, 0.29) is 6.42 Å². The van der Waals surface area contributed by atoms with Crippen molar-refractivity contribution in [1.82, 2.24) is 5.43 Å². The first-order valence-electron chi connectivity index (χ1n) is 8.20. The molecule has 2 aromatic rings. The molecule has 0 heterocycles. The number of hydrazone groups is 1. The zero-order valence-electron chi connectivity index (χ0n) is 15.0. The number of hydrogen-bond donors (Lipinski definition) is 2. The number of para-hydroxylation sites is 1. The van der Waals surface area contributed by atoms with E-state index < -0.39 is 11.8 Å². The Morgan fingerprint density at radius 1 is 1.15 bits per heavy atom. The van der Waals surface area contributed by atoms with Crippen LogP contribution in [0, 0.1) is 0 Å². The molecule has 2 N–H and O–H groups in total. The molecule has 2 aromatic carbocycles. The number of hydrogen-bond acceptors (Lipinski definition) is 5. The van der Waals surface area contributed by atoms with E-state index in [9.17, 15) is 9.59 Å². The maximum absolute atomic E-state index is 11.9. The average Bonchev–Trinajstić information content (AvgIpc) is 2.64. The molecule has 0 aromatic heterocycles. The number of carbonyl (C=O) groups excluding carboxylic acids is 2. The van der Waals surface area contributed by atoms with Crippen LogP contribution in [-0.4, -0.2) is 31.7 Å². The number of carbonyl (C=O) groups is 2. The van der Waals surface area contributed by atoms with E-state index in [1.807, 2.05) is 13.0 Å². The van der Waals surface area contributed by atoms with E-state index in [4.69, 9.17) is 9.47 Å². The standard InChI is InChI=1S/C19H20BrN3O4/c1-3-27-16-9-8-13(10-17(16)26-2)12-21-23-19(25)11-18(24)22-15-7-5-4-6-14(15)20/h4-10,12H,3,11H2,1-2H3,(H,22,24)(H,23,25). The van der Waals surface area contributed by atoms with Crippen LogP contribution in [-0.2, 0) is 9.59 Å². The van der Waals surface area contributed by atoms with Crippen molar-refractivity contribution in [3.63, 3.8) is 0 Å². The molecule has 0 aliphatic heterocycles. The summed E-state index contributed by atoms with van der Waals surface area (Å²) in [6.45, 7) is 2.42. The molecule has 0 unspecified atom stereocenters. The first-order valence-corrected chi connectivity index (χ1v) is 9.00. The Balaban J connectivity index is 1.87. The topological polar surface area (TPSA) is 89.0 Å². The fraction of sp³-hybridized carbons (Fsp3) is 0.211. The second kappa shape index (κ2) is 10.3. The molecule has 0 saturated heterocycles. The van der Waals surface area contributed by atoms with Gasteiger partial charge in [0.2, 0.25) is 11.8 Å². The van der Waals surface area contributed by atoms with Crippen LogP contribution in [0.1, 0.15) is 18.9 Å². The van der Waals surface area contributed by atoms with Crippen molar-refractivity contribution < 1.29 is 19.1 Å². The minimum Gasteiger partial charge on any atom is -0.493 e. The molecule has 0 saturated carbocycles. The molecule has 27 heavy (non-hydrogen) atoms. The normalized spacial score (nSPS) is 10.5. The Kier molecular flexibility index (Phi) is 7.81. The fourth-order valence-corrected chi connectivity index (χ4v) is 2.54. The number of anilines is 1. The van der Waals surface area contributed by atoms with Gasteiger partial charge in [-0.3, -0.25) is 9.59 Å². The lowest BCUT2D eigenvalue weighted by Crippen LogP contribution is -2.24. The average molecular weight is 434 g/mol. The molecule has 7 nitrogen and oxygen atoms in total. The van der Waals surface area contributed by atoms with Gasteiger partial charge < -0.3 is 14.8 Å². The van der Waals surface area contributed by atoms with Gasteiger partial charge in [-0.2, -0.15) is 5.10 Å². The predicted molar refractivity (Wildman–Crippen MR) is 107 cm³/mol. The number of nitrogens with one attached hydrogen (secondary N) is 2. The lowest BCUT2D eigenvalue weighted by Gasteiger charge is -2.09. The molecule has 0 bridgehead atoms. The molecule has 0 radical (unpaired) electrons. The van der Waals surface area contributed by atoms with Crippen LogP contribution in [0.5, 0.6) is 11.5 Å². The fourth-order valence-electron chi connectivity index (χ4n) is 2.16. The van der Waals surface area contributed by atoms with E-state index in [0.717, 1.165) is 4.47 Å². The molecule has 0 aliphatic carbocycles. The number of rotatable bonds is 8. The summed E-state index contributed by atoms with van der Waals surface area (Å²) in [7, 11) is 1.55. The highest BCUT2D eigenvalue weighted by molar-refractivity contribution is 9.10. The predicted octanol–water partition coefficient (Wildman–Crippen LogP) is 3.34. The summed E-state index contributed by atoms with van der Waals surface area (Å²) in [5.41, 5.74) is 3.64. The Bertz CT molecular complexity index is 839. The maximum Gasteiger partial charge on any atom is 0.249 e. The van der Waals surface area contributed by atoms with Gasteiger partial charge in [0, 0.05) is 4.47 Å². The zero-order chi connectivity index (χ0) is 19.6. The highest BCUT2D eigenvalue weighted by atomic mass is 79.9. The lowest BCUT2D eigenvalue weighted by atomic mass is 10.2. The third-order valence-electron chi connectivity index (χ3n) is 3.36. The van der Waals surface area contributed by atoms with Gasteiger partial charge in [-0.15, -0.1) is 0 Å². The van der Waals surface area contributed by atoms with Crippen molar-refractivity contribution in [3.05, 3.63) is 52.5 Å². The Labute approximate surface area is 165 Å². The van der Waals surface area contributed by atoms with Crippen molar-refractivity contribution in [2.75, 3.05) is 19.0 Å². The molecule has 0 atom stereocenters. The molecule has 0 fully saturated rings. The van der Waals surface area contributed by atoms with Crippen LogP contribution in [0.15, 0.2) is 52.0 Å². The largest absolute Gasteiger partial charge is 0.493 e. The van der Waals surface area contributed by atoms with E-state index in [1.54, 1.807) is 43.5 Å². The highest BCUT2D eigenvalue weighted by Gasteiger charge is 2.10. The van der Waals surface area contributed by atoms with E-state index >= 15 is 0 Å². The number of ether oxygens (including phenoxy) is 2. The number of methoxy groups -OCH3 is 1. The summed E-state index contributed by atoms with van der Waals surface area (Å²) in [5.74, 6) is 0.246. The minimum absolute atomic E-state index is 0.342. The van der Waals surface area contributed by atoms with Crippen LogP contribution in [0.4, 0.5) is 5.69 Å². The van der Waals surface area contributed by atoms with Crippen molar-refractivity contribution >= 4 is 39.6 Å². The summed E-state index contributed by atoms with van der Waals surface area (Å²) in [6, 6.07) is 12.4. The van der Waals surface area contributed by atoms with Gasteiger partial charge in [-0.1, -0.05) is 12.1 Å². The first-order chi connectivity index (χ1) is 13.0. The van der Waals surface area contributed by atoms with Crippen LogP contribution in [0.25, 0.3) is 0 Å². The quantitative estimate of drug-likeness (QED) is 0.379. The molecular weight excluding hydrogens is 414 g/mol. The van der Waals surface area contributed by atoms with E-state index in [0.29, 0.717) is 29.4 Å². The molecule has 0 aliphatic rings. The van der Waals surface area contributed by atoms with Crippen LogP contribution in [0.3, 0.4) is 0 Å². The molecule has 142 valence electrons. The van der Waals surface area contributed by atoms with E-state index in [2.05, 4.69) is 31.8 Å². The van der Waals surface area contributed by atoms with Gasteiger partial charge in [-0.25, -0.2) is 5.43 Å². The number of benzene rings is 2. The van der Waals surface area contributed by atoms with Gasteiger partial charge >= 0.3 is 0 Å². The van der Waals surface area contributed by atoms with Crippen molar-refractivity contribution in [1.29, 1.82) is 0 Å². The second-order valence-corrected chi connectivity index (χ2v) is 6.20. The third kappa shape index (κ3) is 6.41. The van der Waals surface area contributed by atoms with Crippen LogP contribution in [0.2, 0.25) is 0 Å². The van der Waals surface area contributed by atoms with Gasteiger partial charge in [0.25, 0.3) is 0 Å². The van der Waals surface area contributed by atoms with Crippen LogP contribution >= 0.6 is 15.9 Å². The van der Waals surface area contributed by atoms with Crippen molar-refractivity contribution in [3.8, 4) is 11.5 Å². The number of nitrogens with zero attached hydrogens (tertiary/aromatic N) is 1. The van der Waals surface area contributed by atoms with Gasteiger partial charge in [0.1, 0.15) is 6.42 Å². The second-order valence-electron chi connectivity index (χ2n) is 5.34.